The van der Waals surface area contributed by atoms with Crippen LogP contribution in [-0.2, 0) is 4.79 Å². The average molecular weight is 444 g/mol. The van der Waals surface area contributed by atoms with Crippen molar-refractivity contribution >= 4 is 35.3 Å². The van der Waals surface area contributed by atoms with E-state index in [4.69, 9.17) is 5.73 Å². The number of nitrogens with one attached hydrogen (secondary N) is 1. The van der Waals surface area contributed by atoms with Crippen molar-refractivity contribution in [2.45, 2.75) is 37.6 Å². The molecule has 3 rings (SSSR count). The first-order valence-corrected chi connectivity index (χ1v) is 9.43. The molecule has 0 radical (unpaired) electrons. The molecule has 1 fully saturated rings. The Morgan fingerprint density at radius 2 is 1.90 bits per heavy atom. The van der Waals surface area contributed by atoms with Crippen molar-refractivity contribution in [3.8, 4) is 5.88 Å². The number of aromatic nitrogens is 2. The van der Waals surface area contributed by atoms with E-state index in [2.05, 4.69) is 15.3 Å². The molecule has 0 saturated carbocycles. The molecule has 0 spiro atoms. The fraction of sp³-hybridized carbons (Fsp3) is 0.474. The van der Waals surface area contributed by atoms with Gasteiger partial charge in [0.25, 0.3) is 11.8 Å². The van der Waals surface area contributed by atoms with E-state index >= 15 is 0 Å². The number of benzene rings is 1. The van der Waals surface area contributed by atoms with Crippen LogP contribution in [0.5, 0.6) is 5.88 Å². The normalized spacial score (nSPS) is 16.2. The van der Waals surface area contributed by atoms with Crippen LogP contribution in [0.1, 0.15) is 36.2 Å². The van der Waals surface area contributed by atoms with Crippen LogP contribution < -0.4 is 11.1 Å². The maximum atomic E-state index is 13.2. The molecule has 1 aliphatic heterocycles. The van der Waals surface area contributed by atoms with E-state index in [0.717, 1.165) is 4.90 Å². The van der Waals surface area contributed by atoms with E-state index in [-0.39, 0.29) is 37.6 Å². The summed E-state index contributed by atoms with van der Waals surface area (Å²) in [6, 6.07) is 6.03. The number of likely N-dealkylation sites (tertiary alicyclic amines) is 1. The monoisotopic (exact) mass is 443 g/mol. The highest BCUT2D eigenvalue weighted by Gasteiger charge is 2.41. The summed E-state index contributed by atoms with van der Waals surface area (Å²) in [4.78, 5) is 33.5. The van der Waals surface area contributed by atoms with Gasteiger partial charge in [-0.2, -0.15) is 0 Å². The van der Waals surface area contributed by atoms with Gasteiger partial charge in [0.05, 0.1) is 23.6 Å². The van der Waals surface area contributed by atoms with Gasteiger partial charge < -0.3 is 21.1 Å². The van der Waals surface area contributed by atoms with Crippen molar-refractivity contribution in [3.05, 3.63) is 30.0 Å². The second kappa shape index (κ2) is 9.94. The first-order chi connectivity index (χ1) is 13.8. The standard InChI is InChI=1S/C19H23F2N5O3.ClH/c20-19(21)8-10-26(11-19)18(29)12(22)5-3-4-9-23-16(27)15-17(28)25-14-7-2-1-6-13(14)24-15;/h1-2,6-7,12H,3-5,8-11,22H2,(H,23,27)(H,25,28);1H/t12-;/m0./s1. The fourth-order valence-corrected chi connectivity index (χ4v) is 3.20. The summed E-state index contributed by atoms with van der Waals surface area (Å²) >= 11 is 0. The van der Waals surface area contributed by atoms with Gasteiger partial charge in [-0.3, -0.25) is 9.59 Å². The number of halogens is 3. The molecule has 1 atom stereocenters. The Bertz CT molecular complexity index is 915. The highest BCUT2D eigenvalue weighted by Crippen LogP contribution is 2.27. The summed E-state index contributed by atoms with van der Waals surface area (Å²) in [7, 11) is 0. The third-order valence-electron chi connectivity index (χ3n) is 4.79. The number of nitrogens with zero attached hydrogens (tertiary/aromatic N) is 3. The molecule has 11 heteroatoms. The summed E-state index contributed by atoms with van der Waals surface area (Å²) in [5.74, 6) is -4.31. The number of fused-ring (bicyclic) bond motifs is 1. The van der Waals surface area contributed by atoms with Crippen LogP contribution in [0.15, 0.2) is 24.3 Å². The number of rotatable bonds is 7. The number of carbonyl (C=O) groups is 2. The van der Waals surface area contributed by atoms with Crippen LogP contribution in [0, 0.1) is 0 Å². The Hall–Kier alpha value is -2.59. The molecule has 0 aliphatic carbocycles. The van der Waals surface area contributed by atoms with Crippen molar-refractivity contribution < 1.29 is 23.5 Å². The van der Waals surface area contributed by atoms with Gasteiger partial charge in [-0.15, -0.1) is 12.4 Å². The third kappa shape index (κ3) is 5.73. The second-order valence-electron chi connectivity index (χ2n) is 7.11. The number of nitrogens with two attached hydrogens (primary N) is 1. The number of hydrogen-bond donors (Lipinski definition) is 3. The lowest BCUT2D eigenvalue weighted by molar-refractivity contribution is -0.133. The Morgan fingerprint density at radius 3 is 2.53 bits per heavy atom. The van der Waals surface area contributed by atoms with Crippen LogP contribution >= 0.6 is 12.4 Å². The van der Waals surface area contributed by atoms with E-state index in [9.17, 15) is 23.5 Å². The van der Waals surface area contributed by atoms with Gasteiger partial charge in [0.2, 0.25) is 11.8 Å². The minimum Gasteiger partial charge on any atom is -0.492 e. The third-order valence-corrected chi connectivity index (χ3v) is 4.79. The number of alkyl halides is 2. The van der Waals surface area contributed by atoms with E-state index in [1.165, 1.54) is 0 Å². The van der Waals surface area contributed by atoms with Gasteiger partial charge in [-0.1, -0.05) is 12.1 Å². The molecule has 2 amide bonds. The number of amides is 2. The van der Waals surface area contributed by atoms with Gasteiger partial charge in [-0.25, -0.2) is 18.7 Å². The molecule has 0 unspecified atom stereocenters. The van der Waals surface area contributed by atoms with Crippen LogP contribution in [0.2, 0.25) is 0 Å². The zero-order valence-corrected chi connectivity index (χ0v) is 17.0. The van der Waals surface area contributed by atoms with Gasteiger partial charge in [-0.05, 0) is 31.4 Å². The highest BCUT2D eigenvalue weighted by molar-refractivity contribution is 5.96. The van der Waals surface area contributed by atoms with Crippen molar-refractivity contribution in [2.75, 3.05) is 19.6 Å². The van der Waals surface area contributed by atoms with E-state index in [1.807, 2.05) is 0 Å². The first-order valence-electron chi connectivity index (χ1n) is 9.43. The maximum absolute atomic E-state index is 13.2. The van der Waals surface area contributed by atoms with Gasteiger partial charge in [0.1, 0.15) is 0 Å². The number of hydrogen-bond acceptors (Lipinski definition) is 6. The van der Waals surface area contributed by atoms with Crippen molar-refractivity contribution in [1.82, 2.24) is 20.2 Å². The summed E-state index contributed by atoms with van der Waals surface area (Å²) in [5.41, 5.74) is 6.63. The summed E-state index contributed by atoms with van der Waals surface area (Å²) < 4.78 is 26.4. The van der Waals surface area contributed by atoms with Gasteiger partial charge in [0.15, 0.2) is 5.69 Å². The van der Waals surface area contributed by atoms with Crippen LogP contribution in [0.3, 0.4) is 0 Å². The molecule has 2 aromatic rings. The zero-order chi connectivity index (χ0) is 21.0. The molecule has 30 heavy (non-hydrogen) atoms. The van der Waals surface area contributed by atoms with E-state index in [1.54, 1.807) is 24.3 Å². The molecule has 2 heterocycles. The smallest absolute Gasteiger partial charge is 0.275 e. The van der Waals surface area contributed by atoms with Crippen molar-refractivity contribution in [3.63, 3.8) is 0 Å². The Labute approximate surface area is 178 Å². The predicted octanol–water partition coefficient (Wildman–Crippen LogP) is 1.85. The highest BCUT2D eigenvalue weighted by atomic mass is 35.5. The lowest BCUT2D eigenvalue weighted by atomic mass is 10.1. The SMILES string of the molecule is Cl.N[C@@H](CCCCNC(=O)c1nc2ccccc2nc1O)C(=O)N1CCC(F)(F)C1. The summed E-state index contributed by atoms with van der Waals surface area (Å²) in [6.07, 6.45) is 1.07. The molecule has 4 N–H and O–H groups in total. The minimum absolute atomic E-state index is 0. The molecular weight excluding hydrogens is 420 g/mol. The number of para-hydroxylation sites is 2. The number of carbonyl (C=O) groups excluding carboxylic acids is 2. The van der Waals surface area contributed by atoms with Gasteiger partial charge >= 0.3 is 0 Å². The van der Waals surface area contributed by atoms with Crippen molar-refractivity contribution in [1.29, 1.82) is 0 Å². The fourth-order valence-electron chi connectivity index (χ4n) is 3.20. The summed E-state index contributed by atoms with van der Waals surface area (Å²) in [6.45, 7) is -0.271. The molecule has 1 aromatic heterocycles. The summed E-state index contributed by atoms with van der Waals surface area (Å²) in [5, 5.41) is 12.5. The second-order valence-corrected chi connectivity index (χ2v) is 7.11. The van der Waals surface area contributed by atoms with E-state index < -0.39 is 36.2 Å². The first kappa shape index (κ1) is 23.7. The van der Waals surface area contributed by atoms with Crippen LogP contribution in [0.25, 0.3) is 11.0 Å². The lowest BCUT2D eigenvalue weighted by Gasteiger charge is -2.20. The molecule has 1 aliphatic rings. The molecule has 0 bridgehead atoms. The van der Waals surface area contributed by atoms with Gasteiger partial charge in [0, 0.05) is 19.5 Å². The Kier molecular flexibility index (Phi) is 7.85. The van der Waals surface area contributed by atoms with Crippen LogP contribution in [-0.4, -0.2) is 63.4 Å². The zero-order valence-electron chi connectivity index (χ0n) is 16.2. The number of aromatic hydroxyl groups is 1. The van der Waals surface area contributed by atoms with E-state index in [0.29, 0.717) is 30.3 Å². The maximum Gasteiger partial charge on any atom is 0.275 e. The molecule has 164 valence electrons. The Morgan fingerprint density at radius 1 is 1.23 bits per heavy atom. The van der Waals surface area contributed by atoms with Crippen LogP contribution in [0.4, 0.5) is 8.78 Å². The topological polar surface area (TPSA) is 121 Å². The minimum atomic E-state index is -2.84. The molecular formula is C19H24ClF2N5O3. The molecule has 8 nitrogen and oxygen atoms in total. The quantitative estimate of drug-likeness (QED) is 0.561. The predicted molar refractivity (Wildman–Crippen MR) is 109 cm³/mol. The number of unbranched alkanes of at least 4 members (excludes halogenated alkanes) is 1. The lowest BCUT2D eigenvalue weighted by Crippen LogP contribution is -2.43. The van der Waals surface area contributed by atoms with Crippen molar-refractivity contribution in [2.24, 2.45) is 5.73 Å². The molecule has 1 aromatic carbocycles. The molecule has 1 saturated heterocycles. The Balaban J connectivity index is 0.00000320. The largest absolute Gasteiger partial charge is 0.492 e. The average Bonchev–Trinajstić information content (AvgIpc) is 3.05.